The highest BCUT2D eigenvalue weighted by Crippen LogP contribution is 2.21. The number of alkyl halides is 1. The molecule has 1 rings (SSSR count). The molecule has 1 amide bonds. The molecule has 0 aliphatic carbocycles. The Bertz CT molecular complexity index is 422. The molecule has 100 valence electrons. The van der Waals surface area contributed by atoms with Crippen LogP contribution in [-0.2, 0) is 0 Å². The molecule has 0 atom stereocenters. The van der Waals surface area contributed by atoms with E-state index >= 15 is 0 Å². The monoisotopic (exact) mass is 331 g/mol. The third-order valence-corrected chi connectivity index (χ3v) is 4.73. The Balaban J connectivity index is 2.94. The Morgan fingerprint density at radius 3 is 2.44 bits per heavy atom. The maximum Gasteiger partial charge on any atom is 0.252 e. The van der Waals surface area contributed by atoms with Gasteiger partial charge in [-0.25, -0.2) is 0 Å². The molecular formula is C14H19BrClNO. The van der Waals surface area contributed by atoms with Gasteiger partial charge in [0.05, 0.1) is 0 Å². The quantitative estimate of drug-likeness (QED) is 0.799. The van der Waals surface area contributed by atoms with E-state index in [0.717, 1.165) is 23.7 Å². The van der Waals surface area contributed by atoms with Gasteiger partial charge in [-0.05, 0) is 43.5 Å². The molecule has 18 heavy (non-hydrogen) atoms. The fraction of sp³-hybridized carbons (Fsp3) is 0.500. The number of hydrogen-bond acceptors (Lipinski definition) is 1. The van der Waals surface area contributed by atoms with Crippen molar-refractivity contribution in [3.63, 3.8) is 0 Å². The highest BCUT2D eigenvalue weighted by Gasteiger charge is 2.27. The first-order valence-corrected chi connectivity index (χ1v) is 7.62. The van der Waals surface area contributed by atoms with Crippen molar-refractivity contribution in [1.29, 1.82) is 0 Å². The van der Waals surface area contributed by atoms with E-state index in [1.54, 1.807) is 12.1 Å². The zero-order chi connectivity index (χ0) is 13.8. The summed E-state index contributed by atoms with van der Waals surface area (Å²) in [6, 6.07) is 5.33. The summed E-state index contributed by atoms with van der Waals surface area (Å²) in [6.45, 7) is 6.06. The van der Waals surface area contributed by atoms with Gasteiger partial charge in [0.25, 0.3) is 5.91 Å². The number of amides is 1. The number of benzene rings is 1. The molecule has 0 heterocycles. The molecule has 0 bridgehead atoms. The average Bonchev–Trinajstić information content (AvgIpc) is 2.36. The zero-order valence-corrected chi connectivity index (χ0v) is 13.4. The molecule has 0 aliphatic rings. The smallest absolute Gasteiger partial charge is 0.252 e. The predicted molar refractivity (Wildman–Crippen MR) is 80.8 cm³/mol. The van der Waals surface area contributed by atoms with Crippen molar-refractivity contribution in [2.75, 3.05) is 5.33 Å². The first-order valence-electron chi connectivity index (χ1n) is 6.12. The van der Waals surface area contributed by atoms with Crippen LogP contribution in [0.5, 0.6) is 0 Å². The minimum Gasteiger partial charge on any atom is -0.346 e. The van der Waals surface area contributed by atoms with Crippen molar-refractivity contribution in [2.45, 2.75) is 39.2 Å². The SMILES string of the molecule is CCC(CC)(CBr)NC(=O)c1ccc(Cl)cc1C. The number of rotatable bonds is 5. The molecule has 0 saturated heterocycles. The molecular weight excluding hydrogens is 314 g/mol. The predicted octanol–water partition coefficient (Wildman–Crippen LogP) is 4.33. The molecule has 1 aromatic rings. The molecule has 0 saturated carbocycles. The molecule has 0 spiro atoms. The van der Waals surface area contributed by atoms with E-state index in [-0.39, 0.29) is 11.4 Å². The summed E-state index contributed by atoms with van der Waals surface area (Å²) < 4.78 is 0. The summed E-state index contributed by atoms with van der Waals surface area (Å²) in [4.78, 5) is 12.3. The van der Waals surface area contributed by atoms with Crippen LogP contribution >= 0.6 is 27.5 Å². The van der Waals surface area contributed by atoms with Gasteiger partial charge in [0, 0.05) is 21.5 Å². The second kappa shape index (κ2) is 6.58. The maximum absolute atomic E-state index is 12.3. The van der Waals surface area contributed by atoms with Crippen molar-refractivity contribution >= 4 is 33.4 Å². The Kier molecular flexibility index (Phi) is 5.67. The lowest BCUT2D eigenvalue weighted by molar-refractivity contribution is 0.0903. The molecule has 0 aromatic heterocycles. The molecule has 0 radical (unpaired) electrons. The third kappa shape index (κ3) is 3.48. The summed E-state index contributed by atoms with van der Waals surface area (Å²) in [6.07, 6.45) is 1.79. The van der Waals surface area contributed by atoms with Crippen LogP contribution in [0.4, 0.5) is 0 Å². The second-order valence-electron chi connectivity index (χ2n) is 4.53. The van der Waals surface area contributed by atoms with E-state index in [1.165, 1.54) is 0 Å². The summed E-state index contributed by atoms with van der Waals surface area (Å²) >= 11 is 9.39. The third-order valence-electron chi connectivity index (χ3n) is 3.42. The van der Waals surface area contributed by atoms with E-state index in [1.807, 2.05) is 13.0 Å². The van der Waals surface area contributed by atoms with Crippen LogP contribution in [0.1, 0.15) is 42.6 Å². The summed E-state index contributed by atoms with van der Waals surface area (Å²) in [5.74, 6) is -0.0349. The lowest BCUT2D eigenvalue weighted by Crippen LogP contribution is -2.49. The standard InChI is InChI=1S/C14H19BrClNO/c1-4-14(5-2,9-15)17-13(18)12-7-6-11(16)8-10(12)3/h6-8H,4-5,9H2,1-3H3,(H,17,18). The molecule has 1 aromatic carbocycles. The number of carbonyl (C=O) groups excluding carboxylic acids is 1. The van der Waals surface area contributed by atoms with Crippen molar-refractivity contribution in [2.24, 2.45) is 0 Å². The lowest BCUT2D eigenvalue weighted by Gasteiger charge is -2.31. The van der Waals surface area contributed by atoms with Gasteiger partial charge < -0.3 is 5.32 Å². The molecule has 0 aliphatic heterocycles. The lowest BCUT2D eigenvalue weighted by atomic mass is 9.94. The number of aryl methyl sites for hydroxylation is 1. The Hall–Kier alpha value is -0.540. The average molecular weight is 333 g/mol. The number of nitrogens with one attached hydrogen (secondary N) is 1. The first-order chi connectivity index (χ1) is 8.48. The number of halogens is 2. The maximum atomic E-state index is 12.3. The first kappa shape index (κ1) is 15.5. The van der Waals surface area contributed by atoms with Crippen molar-refractivity contribution in [1.82, 2.24) is 5.32 Å². The number of carbonyl (C=O) groups is 1. The van der Waals surface area contributed by atoms with Crippen LogP contribution in [-0.4, -0.2) is 16.8 Å². The Labute approximate surface area is 122 Å². The second-order valence-corrected chi connectivity index (χ2v) is 5.53. The molecule has 2 nitrogen and oxygen atoms in total. The van der Waals surface area contributed by atoms with E-state index in [9.17, 15) is 4.79 Å². The minimum absolute atomic E-state index is 0.0349. The van der Waals surface area contributed by atoms with Gasteiger partial charge in [-0.2, -0.15) is 0 Å². The van der Waals surface area contributed by atoms with Crippen LogP contribution in [0.25, 0.3) is 0 Å². The van der Waals surface area contributed by atoms with Crippen molar-refractivity contribution in [3.05, 3.63) is 34.3 Å². The topological polar surface area (TPSA) is 29.1 Å². The fourth-order valence-electron chi connectivity index (χ4n) is 1.84. The molecule has 0 fully saturated rings. The van der Waals surface area contributed by atoms with E-state index in [0.29, 0.717) is 10.6 Å². The van der Waals surface area contributed by atoms with Gasteiger partial charge in [-0.3, -0.25) is 4.79 Å². The molecule has 1 N–H and O–H groups in total. The Morgan fingerprint density at radius 2 is 2.00 bits per heavy atom. The fourth-order valence-corrected chi connectivity index (χ4v) is 3.00. The van der Waals surface area contributed by atoms with E-state index in [2.05, 4.69) is 35.1 Å². The van der Waals surface area contributed by atoms with E-state index in [4.69, 9.17) is 11.6 Å². The van der Waals surface area contributed by atoms with Crippen LogP contribution in [0.2, 0.25) is 5.02 Å². The summed E-state index contributed by atoms with van der Waals surface area (Å²) in [5, 5.41) is 4.54. The summed E-state index contributed by atoms with van der Waals surface area (Å²) in [7, 11) is 0. The van der Waals surface area contributed by atoms with Gasteiger partial charge in [0.2, 0.25) is 0 Å². The normalized spacial score (nSPS) is 11.4. The van der Waals surface area contributed by atoms with Crippen LogP contribution in [0.3, 0.4) is 0 Å². The van der Waals surface area contributed by atoms with Crippen molar-refractivity contribution in [3.8, 4) is 0 Å². The van der Waals surface area contributed by atoms with Gasteiger partial charge >= 0.3 is 0 Å². The highest BCUT2D eigenvalue weighted by molar-refractivity contribution is 9.09. The Morgan fingerprint density at radius 1 is 1.39 bits per heavy atom. The number of hydrogen-bond donors (Lipinski definition) is 1. The van der Waals surface area contributed by atoms with Gasteiger partial charge in [-0.15, -0.1) is 0 Å². The van der Waals surface area contributed by atoms with Gasteiger partial charge in [-0.1, -0.05) is 41.4 Å². The van der Waals surface area contributed by atoms with Crippen LogP contribution in [0, 0.1) is 6.92 Å². The zero-order valence-electron chi connectivity index (χ0n) is 11.0. The van der Waals surface area contributed by atoms with Crippen LogP contribution < -0.4 is 5.32 Å². The molecule has 4 heteroatoms. The minimum atomic E-state index is -0.177. The van der Waals surface area contributed by atoms with Crippen molar-refractivity contribution < 1.29 is 4.79 Å². The highest BCUT2D eigenvalue weighted by atomic mass is 79.9. The van der Waals surface area contributed by atoms with E-state index < -0.39 is 0 Å². The van der Waals surface area contributed by atoms with Gasteiger partial charge in [0.1, 0.15) is 0 Å². The summed E-state index contributed by atoms with van der Waals surface area (Å²) in [5.41, 5.74) is 1.41. The van der Waals surface area contributed by atoms with Crippen LogP contribution in [0.15, 0.2) is 18.2 Å². The largest absolute Gasteiger partial charge is 0.346 e. The van der Waals surface area contributed by atoms with Gasteiger partial charge in [0.15, 0.2) is 0 Å². The molecule has 0 unspecified atom stereocenters.